The average Bonchev–Trinajstić information content (AvgIpc) is 2.55. The molecule has 1 aromatic rings. The van der Waals surface area contributed by atoms with E-state index in [1.54, 1.807) is 0 Å². The first kappa shape index (κ1) is 12.5. The molecule has 5 heteroatoms. The Morgan fingerprint density at radius 2 is 2.12 bits per heavy atom. The monoisotopic (exact) mass is 255 g/mol. The number of fused-ring (bicyclic) bond motifs is 1. The molecule has 0 amide bonds. The fourth-order valence-electron chi connectivity index (χ4n) is 2.24. The predicted octanol–water partition coefficient (Wildman–Crippen LogP) is 0.974. The topological polar surface area (TPSA) is 66.4 Å². The summed E-state index contributed by atoms with van der Waals surface area (Å²) < 4.78 is 26.0. The summed E-state index contributed by atoms with van der Waals surface area (Å²) in [5, 5.41) is 9.91. The first-order valence-corrected chi connectivity index (χ1v) is 7.44. The van der Waals surface area contributed by atoms with Crippen LogP contribution in [0, 0.1) is 0 Å². The first-order chi connectivity index (χ1) is 8.03. The minimum Gasteiger partial charge on any atom is -0.391 e. The standard InChI is InChI=1S/C12H17NO3S/c1-2-7-17(15,16)13-12-10-6-4-3-5-9(10)8-11(12)14/h3-6,11-14H,2,7-8H2,1H3/t11-,12+/m1/s1. The molecule has 17 heavy (non-hydrogen) atoms. The Morgan fingerprint density at radius 3 is 2.82 bits per heavy atom. The van der Waals surface area contributed by atoms with Gasteiger partial charge < -0.3 is 5.11 Å². The Morgan fingerprint density at radius 1 is 1.41 bits per heavy atom. The van der Waals surface area contributed by atoms with E-state index in [2.05, 4.69) is 4.72 Å². The smallest absolute Gasteiger partial charge is 0.212 e. The fourth-order valence-corrected chi connectivity index (χ4v) is 3.56. The van der Waals surface area contributed by atoms with Gasteiger partial charge in [-0.1, -0.05) is 31.2 Å². The quantitative estimate of drug-likeness (QED) is 0.842. The summed E-state index contributed by atoms with van der Waals surface area (Å²) >= 11 is 0. The maximum atomic E-state index is 11.7. The van der Waals surface area contributed by atoms with Crippen LogP contribution in [0.2, 0.25) is 0 Å². The van der Waals surface area contributed by atoms with E-state index in [1.807, 2.05) is 31.2 Å². The van der Waals surface area contributed by atoms with Gasteiger partial charge in [0.25, 0.3) is 0 Å². The van der Waals surface area contributed by atoms with Crippen molar-refractivity contribution >= 4 is 10.0 Å². The van der Waals surface area contributed by atoms with Gasteiger partial charge in [0.15, 0.2) is 0 Å². The van der Waals surface area contributed by atoms with Crippen molar-refractivity contribution in [1.82, 2.24) is 4.72 Å². The molecule has 0 bridgehead atoms. The van der Waals surface area contributed by atoms with Crippen molar-refractivity contribution in [2.75, 3.05) is 5.75 Å². The molecule has 0 saturated carbocycles. The number of aliphatic hydroxyl groups excluding tert-OH is 1. The van der Waals surface area contributed by atoms with Crippen molar-refractivity contribution in [1.29, 1.82) is 0 Å². The number of hydrogen-bond acceptors (Lipinski definition) is 3. The average molecular weight is 255 g/mol. The lowest BCUT2D eigenvalue weighted by atomic mass is 10.1. The van der Waals surface area contributed by atoms with Crippen LogP contribution in [-0.4, -0.2) is 25.4 Å². The van der Waals surface area contributed by atoms with Crippen molar-refractivity contribution in [3.05, 3.63) is 35.4 Å². The first-order valence-electron chi connectivity index (χ1n) is 5.79. The summed E-state index contributed by atoms with van der Waals surface area (Å²) in [4.78, 5) is 0. The van der Waals surface area contributed by atoms with Gasteiger partial charge in [-0.25, -0.2) is 13.1 Å². The van der Waals surface area contributed by atoms with Gasteiger partial charge in [-0.15, -0.1) is 0 Å². The number of hydrogen-bond donors (Lipinski definition) is 2. The summed E-state index contributed by atoms with van der Waals surface area (Å²) in [7, 11) is -3.30. The van der Waals surface area contributed by atoms with E-state index in [1.165, 1.54) is 0 Å². The van der Waals surface area contributed by atoms with Gasteiger partial charge in [0.1, 0.15) is 0 Å². The molecule has 2 N–H and O–H groups in total. The van der Waals surface area contributed by atoms with Gasteiger partial charge >= 0.3 is 0 Å². The summed E-state index contributed by atoms with van der Waals surface area (Å²) in [6, 6.07) is 7.05. The molecule has 2 rings (SSSR count). The van der Waals surface area contributed by atoms with Crippen LogP contribution in [0.1, 0.15) is 30.5 Å². The summed E-state index contributed by atoms with van der Waals surface area (Å²) in [6.07, 6.45) is 0.411. The molecule has 0 radical (unpaired) electrons. The summed E-state index contributed by atoms with van der Waals surface area (Å²) in [5.41, 5.74) is 1.91. The lowest BCUT2D eigenvalue weighted by Gasteiger charge is -2.17. The third kappa shape index (κ3) is 2.68. The van der Waals surface area contributed by atoms with Gasteiger partial charge in [-0.2, -0.15) is 0 Å². The highest BCUT2D eigenvalue weighted by atomic mass is 32.2. The van der Waals surface area contributed by atoms with Crippen LogP contribution in [0.15, 0.2) is 24.3 Å². The van der Waals surface area contributed by atoms with Crippen molar-refractivity contribution in [2.24, 2.45) is 0 Å². The van der Waals surface area contributed by atoms with E-state index in [0.29, 0.717) is 12.8 Å². The zero-order chi connectivity index (χ0) is 12.5. The summed E-state index contributed by atoms with van der Waals surface area (Å²) in [6.45, 7) is 1.82. The molecule has 0 unspecified atom stereocenters. The molecule has 2 atom stereocenters. The lowest BCUT2D eigenvalue weighted by molar-refractivity contribution is 0.151. The molecule has 1 aliphatic carbocycles. The van der Waals surface area contributed by atoms with Crippen molar-refractivity contribution in [3.63, 3.8) is 0 Å². The van der Waals surface area contributed by atoms with Gasteiger partial charge in [0, 0.05) is 6.42 Å². The van der Waals surface area contributed by atoms with E-state index in [-0.39, 0.29) is 5.75 Å². The van der Waals surface area contributed by atoms with Crippen LogP contribution in [-0.2, 0) is 16.4 Å². The largest absolute Gasteiger partial charge is 0.391 e. The van der Waals surface area contributed by atoms with Crippen LogP contribution in [0.3, 0.4) is 0 Å². The maximum Gasteiger partial charge on any atom is 0.212 e. The Kier molecular flexibility index (Phi) is 3.51. The van der Waals surface area contributed by atoms with Crippen molar-refractivity contribution < 1.29 is 13.5 Å². The number of rotatable bonds is 4. The minimum atomic E-state index is -3.30. The van der Waals surface area contributed by atoms with Gasteiger partial charge in [0.2, 0.25) is 10.0 Å². The SMILES string of the molecule is CCCS(=O)(=O)N[C@H]1c2ccccc2C[C@H]1O. The van der Waals surface area contributed by atoms with E-state index >= 15 is 0 Å². The third-order valence-corrected chi connectivity index (χ3v) is 4.54. The van der Waals surface area contributed by atoms with Crippen LogP contribution >= 0.6 is 0 Å². The normalized spacial score (nSPS) is 23.6. The summed E-state index contributed by atoms with van der Waals surface area (Å²) in [5.74, 6) is 0.0956. The molecule has 1 aliphatic rings. The van der Waals surface area contributed by atoms with E-state index < -0.39 is 22.2 Å². The molecular weight excluding hydrogens is 238 g/mol. The van der Waals surface area contributed by atoms with E-state index in [4.69, 9.17) is 0 Å². The van der Waals surface area contributed by atoms with Crippen LogP contribution < -0.4 is 4.72 Å². The highest BCUT2D eigenvalue weighted by Gasteiger charge is 2.33. The van der Waals surface area contributed by atoms with Gasteiger partial charge in [0.05, 0.1) is 17.9 Å². The Balaban J connectivity index is 2.23. The Hall–Kier alpha value is -0.910. The Bertz CT molecular complexity index is 498. The Labute approximate surface area is 102 Å². The van der Waals surface area contributed by atoms with Crippen molar-refractivity contribution in [3.8, 4) is 0 Å². The second-order valence-corrected chi connectivity index (χ2v) is 6.26. The number of aliphatic hydroxyl groups is 1. The number of nitrogens with one attached hydrogen (secondary N) is 1. The minimum absolute atomic E-state index is 0.0956. The maximum absolute atomic E-state index is 11.7. The molecule has 94 valence electrons. The van der Waals surface area contributed by atoms with Gasteiger partial charge in [-0.05, 0) is 17.5 Å². The van der Waals surface area contributed by atoms with Gasteiger partial charge in [-0.3, -0.25) is 0 Å². The molecular formula is C12H17NO3S. The zero-order valence-electron chi connectivity index (χ0n) is 9.76. The van der Waals surface area contributed by atoms with Crippen LogP contribution in [0.5, 0.6) is 0 Å². The number of sulfonamides is 1. The fraction of sp³-hybridized carbons (Fsp3) is 0.500. The van der Waals surface area contributed by atoms with E-state index in [9.17, 15) is 13.5 Å². The number of benzene rings is 1. The molecule has 1 aromatic carbocycles. The highest BCUT2D eigenvalue weighted by Crippen LogP contribution is 2.31. The molecule has 0 fully saturated rings. The predicted molar refractivity (Wildman–Crippen MR) is 66.1 cm³/mol. The van der Waals surface area contributed by atoms with E-state index in [0.717, 1.165) is 11.1 Å². The van der Waals surface area contributed by atoms with Crippen LogP contribution in [0.25, 0.3) is 0 Å². The second kappa shape index (κ2) is 4.76. The molecule has 0 aliphatic heterocycles. The zero-order valence-corrected chi connectivity index (χ0v) is 10.6. The molecule has 0 saturated heterocycles. The molecule has 4 nitrogen and oxygen atoms in total. The third-order valence-electron chi connectivity index (χ3n) is 2.98. The second-order valence-electron chi connectivity index (χ2n) is 4.38. The molecule has 0 aromatic heterocycles. The lowest BCUT2D eigenvalue weighted by Crippen LogP contribution is -2.35. The van der Waals surface area contributed by atoms with Crippen LogP contribution in [0.4, 0.5) is 0 Å². The van der Waals surface area contributed by atoms with Crippen molar-refractivity contribution in [2.45, 2.75) is 31.9 Å². The molecule has 0 spiro atoms. The highest BCUT2D eigenvalue weighted by molar-refractivity contribution is 7.89. The molecule has 0 heterocycles.